The fourth-order valence-electron chi connectivity index (χ4n) is 1.23. The molecule has 0 aliphatic heterocycles. The quantitative estimate of drug-likeness (QED) is 0.729. The second kappa shape index (κ2) is 4.85. The minimum atomic E-state index is -0.557. The van der Waals surface area contributed by atoms with Crippen LogP contribution in [0.5, 0.6) is 0 Å². The Labute approximate surface area is 82.4 Å². The molecule has 1 heterocycles. The van der Waals surface area contributed by atoms with E-state index in [1.165, 1.54) is 12.4 Å². The topological polar surface area (TPSA) is 49.2 Å². The van der Waals surface area contributed by atoms with E-state index in [9.17, 15) is 4.39 Å². The minimum absolute atomic E-state index is 0.0177. The number of anilines is 1. The molecule has 1 rings (SSSR count). The van der Waals surface area contributed by atoms with Crippen molar-refractivity contribution < 1.29 is 9.50 Å². The van der Waals surface area contributed by atoms with Crippen LogP contribution in [0.3, 0.4) is 0 Å². The molecular formula is C9H14FN3O. The molecule has 0 aliphatic carbocycles. The Kier molecular flexibility index (Phi) is 3.76. The van der Waals surface area contributed by atoms with Gasteiger partial charge in [0.05, 0.1) is 6.61 Å². The Hall–Kier alpha value is -1.23. The van der Waals surface area contributed by atoms with Crippen molar-refractivity contribution >= 4 is 5.82 Å². The van der Waals surface area contributed by atoms with Crippen molar-refractivity contribution in [3.63, 3.8) is 0 Å². The standard InChI is InChI=1S/C9H14FN3O/c1-7(2)13(3-4-14)9-5-8(10)11-6-12-9/h5-7,14H,3-4H2,1-2H3. The lowest BCUT2D eigenvalue weighted by Gasteiger charge is -2.26. The van der Waals surface area contributed by atoms with Crippen molar-refractivity contribution in [2.75, 3.05) is 18.1 Å². The Balaban J connectivity index is 2.87. The highest BCUT2D eigenvalue weighted by atomic mass is 19.1. The molecule has 78 valence electrons. The summed E-state index contributed by atoms with van der Waals surface area (Å²) in [4.78, 5) is 9.13. The van der Waals surface area contributed by atoms with Crippen molar-refractivity contribution in [3.05, 3.63) is 18.3 Å². The molecule has 0 atom stereocenters. The Morgan fingerprint density at radius 3 is 2.71 bits per heavy atom. The average Bonchev–Trinajstić information content (AvgIpc) is 2.13. The predicted octanol–water partition coefficient (Wildman–Crippen LogP) is 0.823. The van der Waals surface area contributed by atoms with Gasteiger partial charge in [-0.2, -0.15) is 4.39 Å². The zero-order chi connectivity index (χ0) is 10.6. The van der Waals surface area contributed by atoms with Crippen LogP contribution in [0.15, 0.2) is 12.4 Å². The van der Waals surface area contributed by atoms with E-state index in [4.69, 9.17) is 5.11 Å². The van der Waals surface area contributed by atoms with E-state index in [-0.39, 0.29) is 12.6 Å². The van der Waals surface area contributed by atoms with Crippen molar-refractivity contribution in [2.45, 2.75) is 19.9 Å². The van der Waals surface area contributed by atoms with E-state index < -0.39 is 5.95 Å². The van der Waals surface area contributed by atoms with Gasteiger partial charge in [-0.3, -0.25) is 0 Å². The van der Waals surface area contributed by atoms with Gasteiger partial charge in [0.15, 0.2) is 0 Å². The van der Waals surface area contributed by atoms with Gasteiger partial charge in [-0.1, -0.05) is 0 Å². The van der Waals surface area contributed by atoms with Gasteiger partial charge < -0.3 is 10.0 Å². The maximum atomic E-state index is 12.8. The Bertz CT molecular complexity index is 293. The highest BCUT2D eigenvalue weighted by Crippen LogP contribution is 2.12. The molecule has 1 N–H and O–H groups in total. The lowest BCUT2D eigenvalue weighted by molar-refractivity contribution is 0.298. The number of aliphatic hydroxyl groups is 1. The Morgan fingerprint density at radius 2 is 2.21 bits per heavy atom. The third-order valence-corrected chi connectivity index (χ3v) is 1.88. The van der Waals surface area contributed by atoms with Gasteiger partial charge >= 0.3 is 0 Å². The number of aliphatic hydroxyl groups excluding tert-OH is 1. The lowest BCUT2D eigenvalue weighted by atomic mass is 10.3. The van der Waals surface area contributed by atoms with Crippen molar-refractivity contribution in [3.8, 4) is 0 Å². The van der Waals surface area contributed by atoms with Crippen LogP contribution in [0, 0.1) is 5.95 Å². The van der Waals surface area contributed by atoms with E-state index in [1.807, 2.05) is 18.7 Å². The fraction of sp³-hybridized carbons (Fsp3) is 0.556. The lowest BCUT2D eigenvalue weighted by Crippen LogP contribution is -2.34. The molecule has 0 bridgehead atoms. The van der Waals surface area contributed by atoms with Gasteiger partial charge in [0.25, 0.3) is 0 Å². The van der Waals surface area contributed by atoms with Gasteiger partial charge in [-0.15, -0.1) is 0 Å². The molecule has 4 nitrogen and oxygen atoms in total. The summed E-state index contributed by atoms with van der Waals surface area (Å²) in [5, 5.41) is 8.84. The van der Waals surface area contributed by atoms with Gasteiger partial charge in [0.1, 0.15) is 12.1 Å². The van der Waals surface area contributed by atoms with Crippen LogP contribution >= 0.6 is 0 Å². The van der Waals surface area contributed by atoms with Crippen LogP contribution in [0.2, 0.25) is 0 Å². The molecule has 1 aromatic heterocycles. The van der Waals surface area contributed by atoms with Crippen LogP contribution in [-0.4, -0.2) is 34.3 Å². The molecule has 5 heteroatoms. The first-order chi connectivity index (χ1) is 6.65. The van der Waals surface area contributed by atoms with Crippen LogP contribution in [-0.2, 0) is 0 Å². The second-order valence-corrected chi connectivity index (χ2v) is 3.21. The summed E-state index contributed by atoms with van der Waals surface area (Å²) in [6.07, 6.45) is 1.18. The molecule has 0 aromatic carbocycles. The molecule has 0 radical (unpaired) electrons. The first kappa shape index (κ1) is 10.8. The molecule has 14 heavy (non-hydrogen) atoms. The van der Waals surface area contributed by atoms with Crippen LogP contribution < -0.4 is 4.90 Å². The summed E-state index contributed by atoms with van der Waals surface area (Å²) in [7, 11) is 0. The summed E-state index contributed by atoms with van der Waals surface area (Å²) in [6, 6.07) is 1.42. The maximum absolute atomic E-state index is 12.8. The molecule has 0 aliphatic rings. The predicted molar refractivity (Wildman–Crippen MR) is 51.6 cm³/mol. The van der Waals surface area contributed by atoms with Gasteiger partial charge in [0, 0.05) is 18.7 Å². The normalized spacial score (nSPS) is 10.6. The number of rotatable bonds is 4. The number of halogens is 1. The summed E-state index contributed by atoms with van der Waals surface area (Å²) in [5.74, 6) is -0.0554. The van der Waals surface area contributed by atoms with Crippen LogP contribution in [0.25, 0.3) is 0 Å². The summed E-state index contributed by atoms with van der Waals surface area (Å²) in [5.41, 5.74) is 0. The third-order valence-electron chi connectivity index (χ3n) is 1.88. The molecule has 1 aromatic rings. The zero-order valence-corrected chi connectivity index (χ0v) is 8.31. The summed E-state index contributed by atoms with van der Waals surface area (Å²) >= 11 is 0. The van der Waals surface area contributed by atoms with E-state index in [2.05, 4.69) is 9.97 Å². The maximum Gasteiger partial charge on any atom is 0.218 e. The third kappa shape index (κ3) is 2.63. The van der Waals surface area contributed by atoms with Crippen LogP contribution in [0.4, 0.5) is 10.2 Å². The fourth-order valence-corrected chi connectivity index (χ4v) is 1.23. The monoisotopic (exact) mass is 199 g/mol. The second-order valence-electron chi connectivity index (χ2n) is 3.21. The molecule has 0 saturated carbocycles. The van der Waals surface area contributed by atoms with E-state index in [1.54, 1.807) is 0 Å². The van der Waals surface area contributed by atoms with E-state index >= 15 is 0 Å². The molecule has 0 amide bonds. The highest BCUT2D eigenvalue weighted by Gasteiger charge is 2.11. The van der Waals surface area contributed by atoms with Gasteiger partial charge in [0.2, 0.25) is 5.95 Å². The smallest absolute Gasteiger partial charge is 0.218 e. The molecular weight excluding hydrogens is 185 g/mol. The zero-order valence-electron chi connectivity index (χ0n) is 8.31. The van der Waals surface area contributed by atoms with Crippen molar-refractivity contribution in [2.24, 2.45) is 0 Å². The number of hydrogen-bond acceptors (Lipinski definition) is 4. The van der Waals surface area contributed by atoms with Gasteiger partial charge in [-0.05, 0) is 13.8 Å². The molecule has 0 fully saturated rings. The Morgan fingerprint density at radius 1 is 1.50 bits per heavy atom. The van der Waals surface area contributed by atoms with E-state index in [0.29, 0.717) is 12.4 Å². The number of aromatic nitrogens is 2. The SMILES string of the molecule is CC(C)N(CCO)c1cc(F)ncn1. The largest absolute Gasteiger partial charge is 0.395 e. The summed E-state index contributed by atoms with van der Waals surface area (Å²) in [6.45, 7) is 4.36. The summed E-state index contributed by atoms with van der Waals surface area (Å²) < 4.78 is 12.8. The molecule has 0 saturated heterocycles. The number of hydrogen-bond donors (Lipinski definition) is 1. The minimum Gasteiger partial charge on any atom is -0.395 e. The van der Waals surface area contributed by atoms with E-state index in [0.717, 1.165) is 0 Å². The van der Waals surface area contributed by atoms with Crippen molar-refractivity contribution in [1.82, 2.24) is 9.97 Å². The molecule has 0 unspecified atom stereocenters. The molecule has 0 spiro atoms. The average molecular weight is 199 g/mol. The number of nitrogens with zero attached hydrogens (tertiary/aromatic N) is 3. The van der Waals surface area contributed by atoms with Gasteiger partial charge in [-0.25, -0.2) is 9.97 Å². The first-order valence-corrected chi connectivity index (χ1v) is 4.50. The highest BCUT2D eigenvalue weighted by molar-refractivity contribution is 5.37. The van der Waals surface area contributed by atoms with Crippen molar-refractivity contribution in [1.29, 1.82) is 0 Å². The first-order valence-electron chi connectivity index (χ1n) is 4.50. The van der Waals surface area contributed by atoms with Crippen LogP contribution in [0.1, 0.15) is 13.8 Å².